The minimum Gasteiger partial charge on any atom is -0.287 e. The molecule has 25 heavy (non-hydrogen) atoms. The fourth-order valence-corrected chi connectivity index (χ4v) is 3.65. The zero-order chi connectivity index (χ0) is 18.4. The van der Waals surface area contributed by atoms with Gasteiger partial charge in [0.1, 0.15) is 0 Å². The van der Waals surface area contributed by atoms with Gasteiger partial charge in [0, 0.05) is 12.0 Å². The summed E-state index contributed by atoms with van der Waals surface area (Å²) in [5.41, 5.74) is 2.54. The number of alkyl halides is 3. The van der Waals surface area contributed by atoms with Crippen LogP contribution in [-0.4, -0.2) is 22.6 Å². The first-order chi connectivity index (χ1) is 11.6. The number of fused-ring (bicyclic) bond motifs is 1. The summed E-state index contributed by atoms with van der Waals surface area (Å²) < 4.78 is 42.3. The van der Waals surface area contributed by atoms with Crippen molar-refractivity contribution in [3.8, 4) is 0 Å². The number of amides is 1. The average Bonchev–Trinajstić information content (AvgIpc) is 2.78. The summed E-state index contributed by atoms with van der Waals surface area (Å²) in [5, 5.41) is 2.46. The Hall–Kier alpha value is -2.08. The molecule has 3 rings (SSSR count). The molecule has 3 nitrogen and oxygen atoms in total. The van der Waals surface area contributed by atoms with E-state index in [-0.39, 0.29) is 12.0 Å². The molecular formula is C19H21F3N2O. The van der Waals surface area contributed by atoms with Gasteiger partial charge in [-0.1, -0.05) is 43.3 Å². The predicted octanol–water partition coefficient (Wildman–Crippen LogP) is 4.52. The lowest BCUT2D eigenvalue weighted by atomic mass is 9.91. The zero-order valence-electron chi connectivity index (χ0n) is 14.4. The number of carbonyl (C=O) groups is 1. The number of nitrogens with one attached hydrogen (secondary N) is 1. The number of benzene rings is 2. The van der Waals surface area contributed by atoms with E-state index < -0.39 is 23.7 Å². The van der Waals surface area contributed by atoms with Gasteiger partial charge in [-0.05, 0) is 42.2 Å². The van der Waals surface area contributed by atoms with Crippen LogP contribution in [0, 0.1) is 0 Å². The molecule has 0 spiro atoms. The van der Waals surface area contributed by atoms with Crippen LogP contribution in [0.5, 0.6) is 0 Å². The largest absolute Gasteiger partial charge is 0.409 e. The molecule has 0 bridgehead atoms. The second-order valence-corrected chi connectivity index (χ2v) is 7.05. The third-order valence-electron chi connectivity index (χ3n) is 4.76. The molecule has 1 amide bonds. The quantitative estimate of drug-likeness (QED) is 0.883. The Bertz CT molecular complexity index is 809. The molecule has 1 aliphatic rings. The third-order valence-corrected chi connectivity index (χ3v) is 4.76. The van der Waals surface area contributed by atoms with Gasteiger partial charge < -0.3 is 0 Å². The summed E-state index contributed by atoms with van der Waals surface area (Å²) in [5.74, 6) is -0.393. The van der Waals surface area contributed by atoms with E-state index in [2.05, 4.69) is 5.43 Å². The van der Waals surface area contributed by atoms with Crippen molar-refractivity contribution in [1.82, 2.24) is 10.4 Å². The number of aryl methyl sites for hydroxylation is 1. The van der Waals surface area contributed by atoms with E-state index in [9.17, 15) is 18.0 Å². The van der Waals surface area contributed by atoms with Crippen molar-refractivity contribution >= 4 is 16.7 Å². The van der Waals surface area contributed by atoms with Gasteiger partial charge in [0.05, 0.1) is 0 Å². The van der Waals surface area contributed by atoms with Crippen LogP contribution in [0.4, 0.5) is 13.2 Å². The molecule has 2 aromatic rings. The second kappa shape index (κ2) is 6.02. The van der Waals surface area contributed by atoms with Gasteiger partial charge in [-0.2, -0.15) is 18.2 Å². The molecule has 0 saturated carbocycles. The van der Waals surface area contributed by atoms with E-state index >= 15 is 0 Å². The third kappa shape index (κ3) is 3.11. The maximum Gasteiger partial charge on any atom is 0.409 e. The molecule has 134 valence electrons. The van der Waals surface area contributed by atoms with E-state index in [4.69, 9.17) is 0 Å². The van der Waals surface area contributed by atoms with Crippen LogP contribution < -0.4 is 5.43 Å². The van der Waals surface area contributed by atoms with Crippen LogP contribution in [-0.2, 0) is 11.2 Å². The van der Waals surface area contributed by atoms with Gasteiger partial charge in [-0.15, -0.1) is 0 Å². The Morgan fingerprint density at radius 3 is 2.36 bits per heavy atom. The number of nitrogens with zero attached hydrogens (tertiary/aromatic N) is 1. The minimum atomic E-state index is -4.52. The summed E-state index contributed by atoms with van der Waals surface area (Å²) in [6.07, 6.45) is -3.86. The highest BCUT2D eigenvalue weighted by atomic mass is 19.4. The second-order valence-electron chi connectivity index (χ2n) is 7.05. The standard InChI is InChI=1S/C19H21F3N2O/c1-4-12-7-5-8-13-9-6-10-14(16(12)13)17(19(20,21)22)24-18(2,3)11-15(25)23-24/h5-10,17H,4,11H2,1-3H3,(H,23,25)/t17-/m0/s1. The molecule has 1 N–H and O–H groups in total. The van der Waals surface area contributed by atoms with Crippen LogP contribution >= 0.6 is 0 Å². The van der Waals surface area contributed by atoms with Crippen LogP contribution in [0.1, 0.15) is 44.4 Å². The fraction of sp³-hybridized carbons (Fsp3) is 0.421. The van der Waals surface area contributed by atoms with Crippen molar-refractivity contribution < 1.29 is 18.0 Å². The Morgan fingerprint density at radius 2 is 1.84 bits per heavy atom. The first-order valence-corrected chi connectivity index (χ1v) is 8.31. The number of carbonyl (C=O) groups excluding carboxylic acids is 1. The summed E-state index contributed by atoms with van der Waals surface area (Å²) in [6.45, 7) is 5.22. The van der Waals surface area contributed by atoms with E-state index in [0.717, 1.165) is 16.0 Å². The molecule has 2 aromatic carbocycles. The minimum absolute atomic E-state index is 0.0327. The molecule has 0 unspecified atom stereocenters. The molecular weight excluding hydrogens is 329 g/mol. The lowest BCUT2D eigenvalue weighted by Crippen LogP contribution is -2.51. The van der Waals surface area contributed by atoms with E-state index in [1.807, 2.05) is 31.2 Å². The van der Waals surface area contributed by atoms with Gasteiger partial charge >= 0.3 is 6.18 Å². The molecule has 6 heteroatoms. The van der Waals surface area contributed by atoms with Crippen molar-refractivity contribution in [3.05, 3.63) is 47.5 Å². The number of hydrogen-bond acceptors (Lipinski definition) is 2. The van der Waals surface area contributed by atoms with Gasteiger partial charge in [-0.25, -0.2) is 0 Å². The zero-order valence-corrected chi connectivity index (χ0v) is 14.4. The average molecular weight is 350 g/mol. The Balaban J connectivity index is 2.26. The summed E-state index contributed by atoms with van der Waals surface area (Å²) in [6, 6.07) is 8.60. The van der Waals surface area contributed by atoms with E-state index in [0.29, 0.717) is 11.8 Å². The van der Waals surface area contributed by atoms with Crippen LogP contribution in [0.2, 0.25) is 0 Å². The normalized spacial score (nSPS) is 19.2. The van der Waals surface area contributed by atoms with Crippen molar-refractivity contribution in [2.45, 2.75) is 51.4 Å². The van der Waals surface area contributed by atoms with Gasteiger partial charge in [0.2, 0.25) is 5.91 Å². The highest BCUT2D eigenvalue weighted by Crippen LogP contribution is 2.45. The Labute approximate surface area is 144 Å². The molecule has 1 heterocycles. The maximum absolute atomic E-state index is 14.1. The molecule has 0 aromatic heterocycles. The lowest BCUT2D eigenvalue weighted by molar-refractivity contribution is -0.203. The van der Waals surface area contributed by atoms with Crippen molar-refractivity contribution in [2.24, 2.45) is 0 Å². The van der Waals surface area contributed by atoms with E-state index in [1.54, 1.807) is 19.9 Å². The molecule has 1 fully saturated rings. The van der Waals surface area contributed by atoms with Crippen molar-refractivity contribution in [2.75, 3.05) is 0 Å². The predicted molar refractivity (Wildman–Crippen MR) is 90.8 cm³/mol. The molecule has 0 radical (unpaired) electrons. The lowest BCUT2D eigenvalue weighted by Gasteiger charge is -2.38. The smallest absolute Gasteiger partial charge is 0.287 e. The number of rotatable bonds is 3. The SMILES string of the molecule is CCc1cccc2cccc([C@H](N3NC(=O)CC3(C)C)C(F)(F)F)c12. The molecule has 0 aliphatic carbocycles. The first kappa shape index (κ1) is 17.7. The van der Waals surface area contributed by atoms with Crippen LogP contribution in [0.15, 0.2) is 36.4 Å². The molecule has 1 atom stereocenters. The van der Waals surface area contributed by atoms with Crippen molar-refractivity contribution in [3.63, 3.8) is 0 Å². The Morgan fingerprint density at radius 1 is 1.20 bits per heavy atom. The summed E-state index contributed by atoms with van der Waals surface area (Å²) in [7, 11) is 0. The van der Waals surface area contributed by atoms with Gasteiger partial charge in [0.15, 0.2) is 6.04 Å². The topological polar surface area (TPSA) is 32.3 Å². The van der Waals surface area contributed by atoms with Crippen molar-refractivity contribution in [1.29, 1.82) is 0 Å². The van der Waals surface area contributed by atoms with Crippen LogP contribution in [0.3, 0.4) is 0 Å². The molecule has 1 aliphatic heterocycles. The number of hydrazine groups is 1. The first-order valence-electron chi connectivity index (χ1n) is 8.31. The van der Waals surface area contributed by atoms with E-state index in [1.165, 1.54) is 6.07 Å². The summed E-state index contributed by atoms with van der Waals surface area (Å²) >= 11 is 0. The fourth-order valence-electron chi connectivity index (χ4n) is 3.65. The highest BCUT2D eigenvalue weighted by molar-refractivity contribution is 5.89. The number of hydrogen-bond donors (Lipinski definition) is 1. The van der Waals surface area contributed by atoms with Crippen LogP contribution in [0.25, 0.3) is 10.8 Å². The maximum atomic E-state index is 14.1. The molecule has 1 saturated heterocycles. The number of halogens is 3. The Kier molecular flexibility index (Phi) is 4.27. The van der Waals surface area contributed by atoms with Gasteiger partial charge in [0.25, 0.3) is 0 Å². The summed E-state index contributed by atoms with van der Waals surface area (Å²) in [4.78, 5) is 11.8. The monoisotopic (exact) mass is 350 g/mol. The van der Waals surface area contributed by atoms with Gasteiger partial charge in [-0.3, -0.25) is 10.2 Å². The highest BCUT2D eigenvalue weighted by Gasteiger charge is 2.53.